The highest BCUT2D eigenvalue weighted by Gasteiger charge is 2.05. The zero-order chi connectivity index (χ0) is 13.4. The maximum atomic E-state index is 12.6. The van der Waals surface area contributed by atoms with Crippen molar-refractivity contribution in [1.82, 2.24) is 0 Å². The largest absolute Gasteiger partial charge is 0.289 e. The maximum Gasteiger partial charge on any atom is 0.194 e. The first-order chi connectivity index (χ1) is 9.18. The van der Waals surface area contributed by atoms with Crippen LogP contribution >= 0.6 is 15.9 Å². The lowest BCUT2D eigenvalue weighted by atomic mass is 10.1. The Labute approximate surface area is 117 Å². The van der Waals surface area contributed by atoms with Gasteiger partial charge in [0.25, 0.3) is 0 Å². The molecule has 0 aromatic heterocycles. The van der Waals surface area contributed by atoms with E-state index in [-0.39, 0.29) is 10.9 Å². The monoisotopic (exact) mass is 312 g/mol. The van der Waals surface area contributed by atoms with Crippen molar-refractivity contribution in [2.45, 2.75) is 0 Å². The first-order valence-corrected chi connectivity index (χ1v) is 6.62. The van der Waals surface area contributed by atoms with E-state index >= 15 is 0 Å². The molecule has 19 heavy (non-hydrogen) atoms. The summed E-state index contributed by atoms with van der Waals surface area (Å²) in [6.45, 7) is 0. The van der Waals surface area contributed by atoms with E-state index in [9.17, 15) is 9.59 Å². The normalized spacial score (nSPS) is 10.8. The molecule has 0 unspecified atom stereocenters. The molecule has 3 aromatic carbocycles. The number of halogens is 1. The zero-order valence-corrected chi connectivity index (χ0v) is 11.5. The Morgan fingerprint density at radius 1 is 0.684 bits per heavy atom. The first-order valence-electron chi connectivity index (χ1n) is 5.83. The van der Waals surface area contributed by atoms with Crippen molar-refractivity contribution < 1.29 is 0 Å². The van der Waals surface area contributed by atoms with E-state index in [0.717, 1.165) is 5.39 Å². The van der Waals surface area contributed by atoms with Crippen LogP contribution in [0.1, 0.15) is 0 Å². The van der Waals surface area contributed by atoms with E-state index in [4.69, 9.17) is 0 Å². The van der Waals surface area contributed by atoms with Gasteiger partial charge in [-0.15, -0.1) is 0 Å². The van der Waals surface area contributed by atoms with Crippen molar-refractivity contribution in [2.75, 3.05) is 0 Å². The van der Waals surface area contributed by atoms with Gasteiger partial charge < -0.3 is 0 Å². The Kier molecular flexibility index (Phi) is 2.91. The minimum Gasteiger partial charge on any atom is -0.289 e. The minimum atomic E-state index is -0.162. The smallest absolute Gasteiger partial charge is 0.194 e. The number of hydrogen-bond donors (Lipinski definition) is 0. The Balaban J connectivity index is 2.77. The highest BCUT2D eigenvalue weighted by atomic mass is 79.9. The standard InChI is InChI=1S/C16H9BrO2/c17-14-9-15(18)11-6-2-4-8-13(11)16(19)12-7-3-1-5-10(12)14/h1-9H. The van der Waals surface area contributed by atoms with Gasteiger partial charge in [-0.05, 0) is 5.39 Å². The fourth-order valence-electron chi connectivity index (χ4n) is 2.20. The molecule has 0 saturated heterocycles. The van der Waals surface area contributed by atoms with E-state index in [1.165, 1.54) is 6.07 Å². The van der Waals surface area contributed by atoms with Gasteiger partial charge in [0.15, 0.2) is 10.9 Å². The maximum absolute atomic E-state index is 12.6. The number of hydrogen-bond acceptors (Lipinski definition) is 2. The minimum absolute atomic E-state index is 0.121. The van der Waals surface area contributed by atoms with Crippen molar-refractivity contribution in [2.24, 2.45) is 0 Å². The van der Waals surface area contributed by atoms with Gasteiger partial charge in [-0.3, -0.25) is 9.59 Å². The Hall–Kier alpha value is -2.00. The topological polar surface area (TPSA) is 34.1 Å². The van der Waals surface area contributed by atoms with Crippen LogP contribution in [-0.2, 0) is 0 Å². The van der Waals surface area contributed by atoms with Crippen LogP contribution in [0.4, 0.5) is 0 Å². The van der Waals surface area contributed by atoms with Crippen molar-refractivity contribution in [3.05, 3.63) is 79.5 Å². The molecule has 2 nitrogen and oxygen atoms in total. The average Bonchev–Trinajstić information content (AvgIpc) is 2.45. The highest BCUT2D eigenvalue weighted by Crippen LogP contribution is 2.19. The molecule has 0 radical (unpaired) electrons. The van der Waals surface area contributed by atoms with Crippen molar-refractivity contribution in [1.29, 1.82) is 0 Å². The lowest BCUT2D eigenvalue weighted by Gasteiger charge is -1.98. The Bertz CT molecular complexity index is 917. The van der Waals surface area contributed by atoms with Crippen molar-refractivity contribution in [3.63, 3.8) is 0 Å². The molecule has 92 valence electrons. The second-order valence-corrected chi connectivity index (χ2v) is 5.13. The molecule has 0 aliphatic carbocycles. The van der Waals surface area contributed by atoms with Gasteiger partial charge in [0.1, 0.15) is 0 Å². The first kappa shape index (κ1) is 12.1. The van der Waals surface area contributed by atoms with E-state index in [2.05, 4.69) is 15.9 Å². The van der Waals surface area contributed by atoms with E-state index in [0.29, 0.717) is 20.6 Å². The van der Waals surface area contributed by atoms with E-state index in [1.54, 1.807) is 30.3 Å². The SMILES string of the molecule is O=c1cc(Br)c2ccccc2c(=O)c2ccccc12. The third-order valence-electron chi connectivity index (χ3n) is 3.12. The quantitative estimate of drug-likeness (QED) is 0.637. The second kappa shape index (κ2) is 4.59. The van der Waals surface area contributed by atoms with Crippen LogP contribution in [0.15, 0.2) is 68.7 Å². The molecule has 0 bridgehead atoms. The van der Waals surface area contributed by atoms with Crippen molar-refractivity contribution >= 4 is 37.5 Å². The number of fused-ring (bicyclic) bond motifs is 2. The van der Waals surface area contributed by atoms with Crippen LogP contribution in [0.5, 0.6) is 0 Å². The molecular formula is C16H9BrO2. The Morgan fingerprint density at radius 2 is 1.16 bits per heavy atom. The summed E-state index contributed by atoms with van der Waals surface area (Å²) in [6, 6.07) is 15.7. The predicted octanol–water partition coefficient (Wildman–Crippen LogP) is 3.48. The van der Waals surface area contributed by atoms with Gasteiger partial charge in [-0.25, -0.2) is 0 Å². The summed E-state index contributed by atoms with van der Waals surface area (Å²) in [4.78, 5) is 24.7. The van der Waals surface area contributed by atoms with Gasteiger partial charge in [-0.1, -0.05) is 64.5 Å². The third-order valence-corrected chi connectivity index (χ3v) is 3.78. The molecule has 0 N–H and O–H groups in total. The molecule has 3 heteroatoms. The van der Waals surface area contributed by atoms with Crippen LogP contribution in [-0.4, -0.2) is 0 Å². The summed E-state index contributed by atoms with van der Waals surface area (Å²) in [5, 5.41) is 2.25. The summed E-state index contributed by atoms with van der Waals surface area (Å²) < 4.78 is 0.635. The summed E-state index contributed by atoms with van der Waals surface area (Å²) in [6.07, 6.45) is 0. The summed E-state index contributed by atoms with van der Waals surface area (Å²) in [5.74, 6) is 0. The van der Waals surface area contributed by atoms with Crippen LogP contribution < -0.4 is 10.9 Å². The van der Waals surface area contributed by atoms with Gasteiger partial charge in [0.2, 0.25) is 0 Å². The molecule has 0 amide bonds. The molecule has 3 aromatic rings. The van der Waals surface area contributed by atoms with Crippen LogP contribution in [0.25, 0.3) is 21.5 Å². The molecule has 0 aliphatic heterocycles. The highest BCUT2D eigenvalue weighted by molar-refractivity contribution is 9.10. The van der Waals surface area contributed by atoms with Crippen molar-refractivity contribution in [3.8, 4) is 0 Å². The lowest BCUT2D eigenvalue weighted by molar-refractivity contribution is 1.63. The van der Waals surface area contributed by atoms with Crippen LogP contribution in [0, 0.1) is 0 Å². The van der Waals surface area contributed by atoms with Crippen LogP contribution in [0.2, 0.25) is 0 Å². The fraction of sp³-hybridized carbons (Fsp3) is 0. The lowest BCUT2D eigenvalue weighted by Crippen LogP contribution is -2.06. The van der Waals surface area contributed by atoms with Gasteiger partial charge in [-0.2, -0.15) is 0 Å². The number of rotatable bonds is 0. The fourth-order valence-corrected chi connectivity index (χ4v) is 2.75. The second-order valence-electron chi connectivity index (χ2n) is 4.28. The summed E-state index contributed by atoms with van der Waals surface area (Å²) >= 11 is 3.38. The summed E-state index contributed by atoms with van der Waals surface area (Å²) in [7, 11) is 0. The molecule has 0 saturated carbocycles. The van der Waals surface area contributed by atoms with E-state index in [1.807, 2.05) is 18.2 Å². The zero-order valence-electron chi connectivity index (χ0n) is 9.89. The molecule has 0 atom stereocenters. The third kappa shape index (κ3) is 1.96. The molecule has 0 aliphatic rings. The molecule has 3 rings (SSSR count). The van der Waals surface area contributed by atoms with Gasteiger partial charge in [0, 0.05) is 26.7 Å². The van der Waals surface area contributed by atoms with Gasteiger partial charge in [0.05, 0.1) is 0 Å². The Morgan fingerprint density at radius 3 is 1.79 bits per heavy atom. The molecule has 0 spiro atoms. The molecule has 0 fully saturated rings. The molecular weight excluding hydrogens is 304 g/mol. The average molecular weight is 313 g/mol. The number of benzene rings is 2. The molecule has 0 heterocycles. The summed E-state index contributed by atoms with van der Waals surface area (Å²) in [5.41, 5.74) is -0.282. The van der Waals surface area contributed by atoms with E-state index < -0.39 is 0 Å². The van der Waals surface area contributed by atoms with Gasteiger partial charge >= 0.3 is 0 Å². The van der Waals surface area contributed by atoms with Crippen LogP contribution in [0.3, 0.4) is 0 Å². The predicted molar refractivity (Wildman–Crippen MR) is 81.7 cm³/mol.